The molecule has 1 saturated heterocycles. The fraction of sp³-hybridized carbons (Fsp3) is 0.611. The first-order valence-electron chi connectivity index (χ1n) is 9.20. The number of hydrogen-bond acceptors (Lipinski definition) is 8. The number of carbonyl (C=O) groups excluding carboxylic acids is 1. The van der Waals surface area contributed by atoms with Crippen LogP contribution >= 0.6 is 0 Å². The molecule has 0 N–H and O–H groups in total. The topological polar surface area (TPSA) is 125 Å². The van der Waals surface area contributed by atoms with Crippen molar-refractivity contribution in [2.75, 3.05) is 33.1 Å². The quantitative estimate of drug-likeness (QED) is 0.331. The predicted molar refractivity (Wildman–Crippen MR) is 104 cm³/mol. The summed E-state index contributed by atoms with van der Waals surface area (Å²) < 4.78 is 40.9. The Bertz CT molecular complexity index is 834. The molecule has 1 aliphatic rings. The third-order valence-electron chi connectivity index (χ3n) is 4.57. The molecule has 1 aromatic carbocycles. The van der Waals surface area contributed by atoms with Crippen LogP contribution in [0.4, 0.5) is 5.69 Å². The van der Waals surface area contributed by atoms with Gasteiger partial charge >= 0.3 is 5.97 Å². The van der Waals surface area contributed by atoms with Crippen LogP contribution in [-0.4, -0.2) is 62.8 Å². The van der Waals surface area contributed by atoms with Gasteiger partial charge in [-0.3, -0.25) is 14.9 Å². The van der Waals surface area contributed by atoms with Gasteiger partial charge in [-0.25, -0.2) is 12.7 Å². The molecule has 0 aromatic heterocycles. The Hall–Kier alpha value is -2.40. The number of methoxy groups -OCH3 is 1. The van der Waals surface area contributed by atoms with Crippen LogP contribution in [0.1, 0.15) is 26.2 Å². The van der Waals surface area contributed by atoms with E-state index >= 15 is 0 Å². The van der Waals surface area contributed by atoms with Crippen molar-refractivity contribution >= 4 is 21.7 Å². The zero-order valence-corrected chi connectivity index (χ0v) is 17.5. The molecule has 1 unspecified atom stereocenters. The van der Waals surface area contributed by atoms with Crippen LogP contribution < -0.4 is 9.47 Å². The lowest BCUT2D eigenvalue weighted by molar-refractivity contribution is -0.385. The second kappa shape index (κ2) is 9.88. The summed E-state index contributed by atoms with van der Waals surface area (Å²) in [4.78, 5) is 21.9. The minimum absolute atomic E-state index is 0.139. The Morgan fingerprint density at radius 1 is 1.31 bits per heavy atom. The van der Waals surface area contributed by atoms with Crippen LogP contribution in [0.25, 0.3) is 0 Å². The molecule has 10 nitrogen and oxygen atoms in total. The van der Waals surface area contributed by atoms with E-state index in [1.165, 1.54) is 35.9 Å². The van der Waals surface area contributed by atoms with Gasteiger partial charge in [0.2, 0.25) is 10.0 Å². The van der Waals surface area contributed by atoms with Crippen molar-refractivity contribution in [1.29, 1.82) is 0 Å². The average molecular weight is 430 g/mol. The van der Waals surface area contributed by atoms with Gasteiger partial charge < -0.3 is 14.2 Å². The van der Waals surface area contributed by atoms with Crippen molar-refractivity contribution in [2.45, 2.75) is 32.3 Å². The zero-order valence-electron chi connectivity index (χ0n) is 16.7. The molecule has 29 heavy (non-hydrogen) atoms. The molecule has 1 atom stereocenters. The molecule has 1 fully saturated rings. The zero-order chi connectivity index (χ0) is 21.6. The van der Waals surface area contributed by atoms with Gasteiger partial charge in [0.05, 0.1) is 37.4 Å². The van der Waals surface area contributed by atoms with Crippen LogP contribution in [0.15, 0.2) is 18.2 Å². The van der Waals surface area contributed by atoms with Gasteiger partial charge in [0.25, 0.3) is 5.69 Å². The number of ether oxygens (including phenoxy) is 3. The number of piperidine rings is 1. The summed E-state index contributed by atoms with van der Waals surface area (Å²) in [6.45, 7) is 2.65. The molecule has 2 rings (SSSR count). The van der Waals surface area contributed by atoms with Gasteiger partial charge in [-0.15, -0.1) is 0 Å². The molecule has 0 amide bonds. The average Bonchev–Trinajstić information content (AvgIpc) is 2.66. The maximum atomic E-state index is 11.6. The predicted octanol–water partition coefficient (Wildman–Crippen LogP) is 1.98. The molecule has 1 aliphatic heterocycles. The number of nitro groups is 1. The molecule has 0 spiro atoms. The van der Waals surface area contributed by atoms with E-state index < -0.39 is 14.9 Å². The monoisotopic (exact) mass is 430 g/mol. The molecular weight excluding hydrogens is 404 g/mol. The summed E-state index contributed by atoms with van der Waals surface area (Å²) in [5.74, 6) is 0.0296. The standard InChI is InChI=1S/C18H26N2O8S/c1-13(10-18(21)26-2)12-27-17-11-14(20(22)23)4-5-16(17)28-15-6-8-19(9-7-15)29(3,24)25/h4-5,11,13,15H,6-10,12H2,1-3H3. The van der Waals surface area contributed by atoms with Crippen molar-refractivity contribution in [2.24, 2.45) is 5.92 Å². The Labute approximate surface area is 169 Å². The largest absolute Gasteiger partial charge is 0.489 e. The number of esters is 1. The first-order chi connectivity index (χ1) is 13.6. The van der Waals surface area contributed by atoms with E-state index in [2.05, 4.69) is 4.74 Å². The normalized spacial score (nSPS) is 16.8. The van der Waals surface area contributed by atoms with Crippen LogP contribution in [0, 0.1) is 16.0 Å². The Morgan fingerprint density at radius 3 is 2.52 bits per heavy atom. The fourth-order valence-corrected chi connectivity index (χ4v) is 3.81. The summed E-state index contributed by atoms with van der Waals surface area (Å²) in [5.41, 5.74) is -0.139. The van der Waals surface area contributed by atoms with Gasteiger partial charge in [-0.05, 0) is 18.9 Å². The Morgan fingerprint density at radius 2 is 1.97 bits per heavy atom. The Balaban J connectivity index is 2.07. The number of carbonyl (C=O) groups is 1. The fourth-order valence-electron chi connectivity index (χ4n) is 2.94. The van der Waals surface area contributed by atoms with E-state index in [0.29, 0.717) is 31.7 Å². The SMILES string of the molecule is COC(=O)CC(C)COc1cc([N+](=O)[O-])ccc1OC1CCN(S(C)(=O)=O)CC1. The van der Waals surface area contributed by atoms with Crippen molar-refractivity contribution < 1.29 is 32.3 Å². The van der Waals surface area contributed by atoms with Crippen LogP contribution in [0.2, 0.25) is 0 Å². The van der Waals surface area contributed by atoms with E-state index in [-0.39, 0.29) is 42.5 Å². The number of nitro benzene ring substituents is 1. The van der Waals surface area contributed by atoms with Crippen LogP contribution in [0.3, 0.4) is 0 Å². The maximum Gasteiger partial charge on any atom is 0.305 e. The number of hydrogen-bond donors (Lipinski definition) is 0. The number of non-ortho nitro benzene ring substituents is 1. The first kappa shape index (κ1) is 22.9. The summed E-state index contributed by atoms with van der Waals surface area (Å²) in [6, 6.07) is 4.08. The second-order valence-electron chi connectivity index (χ2n) is 7.06. The molecule has 1 aromatic rings. The van der Waals surface area contributed by atoms with Gasteiger partial charge in [0, 0.05) is 25.1 Å². The molecule has 11 heteroatoms. The molecular formula is C18H26N2O8S. The molecule has 1 heterocycles. The minimum atomic E-state index is -3.24. The maximum absolute atomic E-state index is 11.6. The van der Waals surface area contributed by atoms with Crippen LogP contribution in [-0.2, 0) is 19.6 Å². The highest BCUT2D eigenvalue weighted by Crippen LogP contribution is 2.34. The molecule has 0 bridgehead atoms. The highest BCUT2D eigenvalue weighted by Gasteiger charge is 2.27. The lowest BCUT2D eigenvalue weighted by Gasteiger charge is -2.30. The molecule has 0 saturated carbocycles. The van der Waals surface area contributed by atoms with Gasteiger partial charge in [0.15, 0.2) is 11.5 Å². The van der Waals surface area contributed by atoms with E-state index in [1.807, 2.05) is 0 Å². The van der Waals surface area contributed by atoms with Gasteiger partial charge in [-0.2, -0.15) is 0 Å². The summed E-state index contributed by atoms with van der Waals surface area (Å²) in [7, 11) is -1.93. The smallest absolute Gasteiger partial charge is 0.305 e. The Kier molecular flexibility index (Phi) is 7.80. The third-order valence-corrected chi connectivity index (χ3v) is 5.87. The van der Waals surface area contributed by atoms with Crippen molar-refractivity contribution in [3.63, 3.8) is 0 Å². The van der Waals surface area contributed by atoms with Crippen molar-refractivity contribution in [1.82, 2.24) is 4.31 Å². The minimum Gasteiger partial charge on any atom is -0.489 e. The molecule has 0 aliphatic carbocycles. The van der Waals surface area contributed by atoms with Crippen molar-refractivity contribution in [3.05, 3.63) is 28.3 Å². The van der Waals surface area contributed by atoms with E-state index in [4.69, 9.17) is 9.47 Å². The summed E-state index contributed by atoms with van der Waals surface area (Å²) >= 11 is 0. The lowest BCUT2D eigenvalue weighted by atomic mass is 10.1. The highest BCUT2D eigenvalue weighted by atomic mass is 32.2. The number of sulfonamides is 1. The third kappa shape index (κ3) is 6.86. The molecule has 162 valence electrons. The lowest BCUT2D eigenvalue weighted by Crippen LogP contribution is -2.41. The van der Waals surface area contributed by atoms with E-state index in [9.17, 15) is 23.3 Å². The number of nitrogens with zero attached hydrogens (tertiary/aromatic N) is 2. The second-order valence-corrected chi connectivity index (χ2v) is 9.05. The summed E-state index contributed by atoms with van der Waals surface area (Å²) in [6.07, 6.45) is 2.10. The summed E-state index contributed by atoms with van der Waals surface area (Å²) in [5, 5.41) is 11.1. The molecule has 0 radical (unpaired) electrons. The highest BCUT2D eigenvalue weighted by molar-refractivity contribution is 7.88. The number of rotatable bonds is 9. The first-order valence-corrected chi connectivity index (χ1v) is 11.0. The van der Waals surface area contributed by atoms with E-state index in [1.54, 1.807) is 6.92 Å². The van der Waals surface area contributed by atoms with E-state index in [0.717, 1.165) is 0 Å². The van der Waals surface area contributed by atoms with Crippen molar-refractivity contribution in [3.8, 4) is 11.5 Å². The van der Waals surface area contributed by atoms with Gasteiger partial charge in [-0.1, -0.05) is 6.92 Å². The van der Waals surface area contributed by atoms with Crippen LogP contribution in [0.5, 0.6) is 11.5 Å². The number of benzene rings is 1. The van der Waals surface area contributed by atoms with Gasteiger partial charge in [0.1, 0.15) is 6.10 Å².